The van der Waals surface area contributed by atoms with E-state index in [2.05, 4.69) is 25.5 Å². The van der Waals surface area contributed by atoms with Crippen LogP contribution in [0.5, 0.6) is 5.88 Å². The van der Waals surface area contributed by atoms with Crippen LogP contribution in [0.4, 0.5) is 11.8 Å². The number of anilines is 2. The maximum atomic E-state index is 13.2. The highest BCUT2D eigenvalue weighted by Gasteiger charge is 2.21. The maximum Gasteiger partial charge on any atom is 0.259 e. The van der Waals surface area contributed by atoms with Gasteiger partial charge in [-0.2, -0.15) is 4.98 Å². The van der Waals surface area contributed by atoms with Crippen LogP contribution in [-0.4, -0.2) is 75.8 Å². The molecule has 0 aliphatic carbocycles. The molecule has 1 saturated heterocycles. The number of benzene rings is 1. The highest BCUT2D eigenvalue weighted by atomic mass is 35.5. The first-order chi connectivity index (χ1) is 19.1. The molecule has 0 bridgehead atoms. The average molecular weight is 606 g/mol. The number of ether oxygens (including phenoxy) is 1. The predicted molar refractivity (Wildman–Crippen MR) is 154 cm³/mol. The molecule has 0 unspecified atom stereocenters. The van der Waals surface area contributed by atoms with Crippen LogP contribution >= 0.6 is 23.2 Å². The molecule has 0 saturated carbocycles. The Hall–Kier alpha value is -3.36. The van der Waals surface area contributed by atoms with Gasteiger partial charge in [-0.05, 0) is 24.3 Å². The molecule has 5 rings (SSSR count). The van der Waals surface area contributed by atoms with Crippen molar-refractivity contribution < 1.29 is 13.2 Å². The van der Waals surface area contributed by atoms with Crippen molar-refractivity contribution in [3.8, 4) is 17.0 Å². The third kappa shape index (κ3) is 6.03. The van der Waals surface area contributed by atoms with E-state index in [0.717, 1.165) is 0 Å². The third-order valence-corrected chi connectivity index (χ3v) is 8.80. The highest BCUT2D eigenvalue weighted by Crippen LogP contribution is 2.33. The van der Waals surface area contributed by atoms with Crippen LogP contribution in [0.2, 0.25) is 10.0 Å². The van der Waals surface area contributed by atoms with Crippen LogP contribution < -0.4 is 21.3 Å². The number of rotatable bonds is 8. The fourth-order valence-electron chi connectivity index (χ4n) is 4.35. The number of halogens is 2. The second-order valence-corrected chi connectivity index (χ2v) is 12.3. The Balaban J connectivity index is 1.32. The molecule has 1 aromatic carbocycles. The van der Waals surface area contributed by atoms with Gasteiger partial charge >= 0.3 is 0 Å². The van der Waals surface area contributed by atoms with E-state index in [4.69, 9.17) is 33.7 Å². The van der Waals surface area contributed by atoms with E-state index in [-0.39, 0.29) is 29.6 Å². The molecule has 1 aliphatic rings. The lowest BCUT2D eigenvalue weighted by molar-refractivity contribution is 0.212. The first kappa shape index (κ1) is 28.2. The number of aryl methyl sites for hydroxylation is 1. The Morgan fingerprint density at radius 3 is 2.55 bits per heavy atom. The predicted octanol–water partition coefficient (Wildman–Crippen LogP) is 2.40. The number of sulfone groups is 1. The summed E-state index contributed by atoms with van der Waals surface area (Å²) in [5, 5.41) is 12.6. The first-order valence-electron chi connectivity index (χ1n) is 12.4. The van der Waals surface area contributed by atoms with Crippen molar-refractivity contribution in [2.45, 2.75) is 6.54 Å². The number of fused-ring (bicyclic) bond motifs is 1. The monoisotopic (exact) mass is 604 g/mol. The second kappa shape index (κ2) is 11.6. The number of nitrogens with two attached hydrogens (primary N) is 1. The standard InChI is InChI=1S/C25H26Cl2N8O4S/c1-34-22-16(11-17(24(34)36)21-18(26)3-2-4-19(21)27)14-29-25(31-22)30-20-12-15(13-28)23(33-32-20)39-8-5-35-6-9-40(37,38)10-7-35/h2-4,11-12,14H,5-10,13,28H2,1H3,(H,29,30,31,32). The van der Waals surface area contributed by atoms with Crippen LogP contribution in [0.1, 0.15) is 5.56 Å². The second-order valence-electron chi connectivity index (χ2n) is 9.22. The fraction of sp³-hybridized carbons (Fsp3) is 0.320. The van der Waals surface area contributed by atoms with Crippen molar-refractivity contribution >= 4 is 55.8 Å². The molecule has 1 fully saturated rings. The van der Waals surface area contributed by atoms with Crippen LogP contribution in [-0.2, 0) is 23.4 Å². The summed E-state index contributed by atoms with van der Waals surface area (Å²) in [4.78, 5) is 24.1. The smallest absolute Gasteiger partial charge is 0.259 e. The molecule has 210 valence electrons. The molecular formula is C25H26Cl2N8O4S. The van der Waals surface area contributed by atoms with E-state index in [9.17, 15) is 13.2 Å². The number of aromatic nitrogens is 5. The van der Waals surface area contributed by atoms with Crippen LogP contribution in [0.3, 0.4) is 0 Å². The zero-order valence-electron chi connectivity index (χ0n) is 21.5. The van der Waals surface area contributed by atoms with E-state index < -0.39 is 9.84 Å². The number of hydrogen-bond donors (Lipinski definition) is 2. The summed E-state index contributed by atoms with van der Waals surface area (Å²) in [5.41, 5.74) is 7.40. The Morgan fingerprint density at radius 1 is 1.12 bits per heavy atom. The van der Waals surface area contributed by atoms with Crippen molar-refractivity contribution in [1.82, 2.24) is 29.6 Å². The molecule has 3 aromatic heterocycles. The van der Waals surface area contributed by atoms with Crippen molar-refractivity contribution in [2.24, 2.45) is 12.8 Å². The average Bonchev–Trinajstić information content (AvgIpc) is 2.93. The third-order valence-electron chi connectivity index (χ3n) is 6.56. The van der Waals surface area contributed by atoms with Crippen molar-refractivity contribution in [3.05, 3.63) is 62.5 Å². The van der Waals surface area contributed by atoms with E-state index in [0.29, 0.717) is 75.7 Å². The van der Waals surface area contributed by atoms with Gasteiger partial charge in [0.1, 0.15) is 12.3 Å². The Bertz CT molecular complexity index is 1720. The van der Waals surface area contributed by atoms with Gasteiger partial charge in [-0.25, -0.2) is 13.4 Å². The normalized spacial score (nSPS) is 15.3. The van der Waals surface area contributed by atoms with E-state index in [1.165, 1.54) is 4.57 Å². The van der Waals surface area contributed by atoms with Gasteiger partial charge in [-0.3, -0.25) is 14.3 Å². The number of hydrogen-bond acceptors (Lipinski definition) is 11. The number of pyridine rings is 1. The minimum absolute atomic E-state index is 0.155. The fourth-order valence-corrected chi connectivity index (χ4v) is 6.23. The minimum Gasteiger partial charge on any atom is -0.475 e. The van der Waals surface area contributed by atoms with E-state index in [1.54, 1.807) is 43.6 Å². The van der Waals surface area contributed by atoms with Gasteiger partial charge in [0.15, 0.2) is 15.7 Å². The molecule has 1 aliphatic heterocycles. The molecular weight excluding hydrogens is 579 g/mol. The Kier molecular flexibility index (Phi) is 8.19. The zero-order valence-corrected chi connectivity index (χ0v) is 23.8. The summed E-state index contributed by atoms with van der Waals surface area (Å²) < 4.78 is 30.4. The van der Waals surface area contributed by atoms with Crippen molar-refractivity contribution in [3.63, 3.8) is 0 Å². The van der Waals surface area contributed by atoms with Crippen molar-refractivity contribution in [2.75, 3.05) is 43.1 Å². The SMILES string of the molecule is Cn1c(=O)c(-c2c(Cl)cccc2Cl)cc2cnc(Nc3cc(CN)c(OCCN4CCS(=O)(=O)CC4)nn3)nc21. The van der Waals surface area contributed by atoms with Crippen molar-refractivity contribution in [1.29, 1.82) is 0 Å². The van der Waals surface area contributed by atoms with Gasteiger partial charge in [-0.15, -0.1) is 10.2 Å². The van der Waals surface area contributed by atoms with Gasteiger partial charge in [0.25, 0.3) is 5.56 Å². The van der Waals surface area contributed by atoms with E-state index in [1.807, 2.05) is 4.90 Å². The highest BCUT2D eigenvalue weighted by molar-refractivity contribution is 7.91. The summed E-state index contributed by atoms with van der Waals surface area (Å²) in [6, 6.07) is 8.41. The van der Waals surface area contributed by atoms with Gasteiger partial charge in [-0.1, -0.05) is 29.3 Å². The lowest BCUT2D eigenvalue weighted by Crippen LogP contribution is -2.42. The van der Waals surface area contributed by atoms with Crippen LogP contribution in [0.15, 0.2) is 41.3 Å². The molecule has 0 spiro atoms. The summed E-state index contributed by atoms with van der Waals surface area (Å²) in [5.74, 6) is 1.16. The molecule has 0 amide bonds. The van der Waals surface area contributed by atoms with Crippen LogP contribution in [0, 0.1) is 0 Å². The van der Waals surface area contributed by atoms with Gasteiger partial charge in [0, 0.05) is 55.9 Å². The van der Waals surface area contributed by atoms with Crippen LogP contribution in [0.25, 0.3) is 22.2 Å². The first-order valence-corrected chi connectivity index (χ1v) is 14.9. The topological polar surface area (TPSA) is 158 Å². The molecule has 0 radical (unpaired) electrons. The summed E-state index contributed by atoms with van der Waals surface area (Å²) >= 11 is 12.7. The molecule has 4 heterocycles. The molecule has 3 N–H and O–H groups in total. The largest absolute Gasteiger partial charge is 0.475 e. The molecule has 15 heteroatoms. The number of nitrogens with one attached hydrogen (secondary N) is 1. The Labute approximate surface area is 240 Å². The summed E-state index contributed by atoms with van der Waals surface area (Å²) in [6.07, 6.45) is 1.58. The molecule has 12 nitrogen and oxygen atoms in total. The van der Waals surface area contributed by atoms with Gasteiger partial charge in [0.05, 0.1) is 27.1 Å². The lowest BCUT2D eigenvalue weighted by Gasteiger charge is -2.26. The molecule has 0 atom stereocenters. The van der Waals surface area contributed by atoms with Gasteiger partial charge in [0.2, 0.25) is 11.8 Å². The number of nitrogens with zero attached hydrogens (tertiary/aromatic N) is 6. The lowest BCUT2D eigenvalue weighted by atomic mass is 10.1. The molecule has 40 heavy (non-hydrogen) atoms. The summed E-state index contributed by atoms with van der Waals surface area (Å²) in [6.45, 7) is 2.00. The summed E-state index contributed by atoms with van der Waals surface area (Å²) in [7, 11) is -1.32. The minimum atomic E-state index is -2.93. The van der Waals surface area contributed by atoms with E-state index >= 15 is 0 Å². The quantitative estimate of drug-likeness (QED) is 0.304. The van der Waals surface area contributed by atoms with Gasteiger partial charge < -0.3 is 15.8 Å². The zero-order chi connectivity index (χ0) is 28.4. The molecule has 4 aromatic rings. The maximum absolute atomic E-state index is 13.2. The Morgan fingerprint density at radius 2 is 1.85 bits per heavy atom.